The molecule has 10 heteroatoms. The Morgan fingerprint density at radius 1 is 1.09 bits per heavy atom. The Labute approximate surface area is 195 Å². The van der Waals surface area contributed by atoms with E-state index in [0.717, 1.165) is 11.3 Å². The maximum atomic E-state index is 13.3. The van der Waals surface area contributed by atoms with Crippen molar-refractivity contribution in [2.45, 2.75) is 0 Å². The van der Waals surface area contributed by atoms with Gasteiger partial charge in [0.15, 0.2) is 5.95 Å². The smallest absolute Gasteiger partial charge is 0.312 e. The van der Waals surface area contributed by atoms with E-state index in [1.54, 1.807) is 54.6 Å². The lowest BCUT2D eigenvalue weighted by Gasteiger charge is -2.04. The third kappa shape index (κ3) is 3.38. The number of nitrogens with two attached hydrogens (primary N) is 1. The summed E-state index contributed by atoms with van der Waals surface area (Å²) in [5.41, 5.74) is 8.07. The average molecular weight is 483 g/mol. The highest BCUT2D eigenvalue weighted by Crippen LogP contribution is 2.37. The fraction of sp³-hybridized carbons (Fsp3) is 0. The molecule has 0 amide bonds. The molecular weight excluding hydrogens is 471 g/mol. The van der Waals surface area contributed by atoms with Crippen molar-refractivity contribution in [2.24, 2.45) is 0 Å². The number of thiophene rings is 1. The van der Waals surface area contributed by atoms with E-state index in [2.05, 4.69) is 10.3 Å². The number of hydrogen-bond donors (Lipinski definition) is 1. The number of ketones is 1. The summed E-state index contributed by atoms with van der Waals surface area (Å²) in [7, 11) is 0. The van der Waals surface area contributed by atoms with Crippen LogP contribution in [-0.4, -0.2) is 16.0 Å². The summed E-state index contributed by atoms with van der Waals surface area (Å²) in [5.74, 6) is -1.44. The van der Waals surface area contributed by atoms with Gasteiger partial charge in [-0.1, -0.05) is 41.4 Å². The van der Waals surface area contributed by atoms with E-state index < -0.39 is 11.7 Å². The van der Waals surface area contributed by atoms with Crippen molar-refractivity contribution in [2.75, 3.05) is 5.73 Å². The molecule has 0 atom stereocenters. The topological polar surface area (TPSA) is 109 Å². The van der Waals surface area contributed by atoms with Gasteiger partial charge in [0.2, 0.25) is 5.69 Å². The van der Waals surface area contributed by atoms with Gasteiger partial charge in [-0.3, -0.25) is 4.79 Å². The van der Waals surface area contributed by atoms with Gasteiger partial charge >= 0.3 is 5.69 Å². The van der Waals surface area contributed by atoms with E-state index in [0.29, 0.717) is 37.2 Å². The zero-order chi connectivity index (χ0) is 22.4. The summed E-state index contributed by atoms with van der Waals surface area (Å²) in [5, 5.41) is 17.6. The lowest BCUT2D eigenvalue weighted by Crippen LogP contribution is -2.39. The molecule has 3 aromatic heterocycles. The van der Waals surface area contributed by atoms with Gasteiger partial charge in [-0.15, -0.1) is 11.3 Å². The highest BCUT2D eigenvalue weighted by Gasteiger charge is 2.32. The van der Waals surface area contributed by atoms with Crippen LogP contribution < -0.4 is 15.5 Å². The minimum absolute atomic E-state index is 0.178. The largest absolute Gasteiger partial charge is 0.539 e. The van der Waals surface area contributed by atoms with Crippen molar-refractivity contribution < 1.29 is 19.1 Å². The highest BCUT2D eigenvalue weighted by molar-refractivity contribution is 7.21. The molecule has 0 saturated carbocycles. The van der Waals surface area contributed by atoms with E-state index in [4.69, 9.17) is 33.5 Å². The van der Waals surface area contributed by atoms with E-state index >= 15 is 0 Å². The van der Waals surface area contributed by atoms with Crippen LogP contribution >= 0.6 is 34.5 Å². The van der Waals surface area contributed by atoms with Crippen LogP contribution in [0.15, 0.2) is 65.2 Å². The lowest BCUT2D eigenvalue weighted by atomic mass is 10.1. The molecule has 5 aromatic rings. The minimum atomic E-state index is -0.850. The number of halogens is 2. The van der Waals surface area contributed by atoms with E-state index in [1.807, 2.05) is 6.07 Å². The third-order valence-corrected chi connectivity index (χ3v) is 6.50. The van der Waals surface area contributed by atoms with Crippen molar-refractivity contribution in [1.29, 1.82) is 0 Å². The number of rotatable bonds is 4. The van der Waals surface area contributed by atoms with Crippen molar-refractivity contribution in [3.8, 4) is 22.9 Å². The number of aromatic nitrogens is 3. The number of nitrogen functional groups attached to an aromatic ring is 1. The molecule has 3 heterocycles. The summed E-state index contributed by atoms with van der Waals surface area (Å²) >= 11 is 13.4. The van der Waals surface area contributed by atoms with Crippen molar-refractivity contribution >= 4 is 56.2 Å². The van der Waals surface area contributed by atoms with E-state index in [9.17, 15) is 9.90 Å². The Morgan fingerprint density at radius 2 is 1.88 bits per heavy atom. The molecule has 0 aliphatic heterocycles. The highest BCUT2D eigenvalue weighted by atomic mass is 35.5. The van der Waals surface area contributed by atoms with Crippen LogP contribution in [0.1, 0.15) is 15.4 Å². The first-order chi connectivity index (χ1) is 15.4. The second-order valence-corrected chi connectivity index (χ2v) is 8.65. The molecule has 0 saturated heterocycles. The van der Waals surface area contributed by atoms with E-state index in [-0.39, 0.29) is 16.3 Å². The molecule has 0 bridgehead atoms. The predicted octanol–water partition coefficient (Wildman–Crippen LogP) is 4.42. The number of fused-ring (bicyclic) bond motifs is 1. The summed E-state index contributed by atoms with van der Waals surface area (Å²) < 4.78 is 5.93. The Morgan fingerprint density at radius 3 is 2.62 bits per heavy atom. The molecule has 0 aliphatic rings. The molecule has 0 aliphatic carbocycles. The van der Waals surface area contributed by atoms with Crippen LogP contribution in [0.5, 0.6) is 5.95 Å². The number of anilines is 1. The quantitative estimate of drug-likeness (QED) is 0.300. The molecule has 0 spiro atoms. The van der Waals surface area contributed by atoms with Gasteiger partial charge in [0.05, 0.1) is 21.7 Å². The van der Waals surface area contributed by atoms with Gasteiger partial charge in [-0.2, -0.15) is 0 Å². The van der Waals surface area contributed by atoms with Crippen LogP contribution in [0.4, 0.5) is 5.69 Å². The van der Waals surface area contributed by atoms with Gasteiger partial charge in [0.1, 0.15) is 9.71 Å². The van der Waals surface area contributed by atoms with Gasteiger partial charge in [0.25, 0.3) is 5.78 Å². The Bertz CT molecular complexity index is 1500. The predicted molar refractivity (Wildman–Crippen MR) is 120 cm³/mol. The minimum Gasteiger partial charge on any atom is -0.539 e. The fourth-order valence-electron chi connectivity index (χ4n) is 3.30. The summed E-state index contributed by atoms with van der Waals surface area (Å²) in [6.45, 7) is 0. The van der Waals surface area contributed by atoms with Gasteiger partial charge in [-0.25, -0.2) is 4.98 Å². The number of benzene rings is 2. The molecule has 0 unspecified atom stereocenters. The van der Waals surface area contributed by atoms with Crippen molar-refractivity contribution in [3.63, 3.8) is 0 Å². The van der Waals surface area contributed by atoms with Crippen molar-refractivity contribution in [3.05, 3.63) is 81.3 Å². The summed E-state index contributed by atoms with van der Waals surface area (Å²) in [4.78, 5) is 18.6. The standard InChI is InChI=1S/C22H12Cl2N4O3S/c23-11-6-7-13(15(24)10-11)16-9-8-14-17(25)20(32-21(14)26-16)19(29)18-22(30)31-27-28(18)12-4-2-1-3-5-12/h1-10H,(H2-,25,27,29,30). The maximum Gasteiger partial charge on any atom is 0.312 e. The lowest BCUT2D eigenvalue weighted by molar-refractivity contribution is -0.672. The van der Waals surface area contributed by atoms with Crippen LogP contribution in [0, 0.1) is 0 Å². The maximum absolute atomic E-state index is 13.3. The number of carbonyl (C=O) groups excluding carboxylic acids is 1. The number of pyridine rings is 1. The summed E-state index contributed by atoms with van der Waals surface area (Å²) in [6.07, 6.45) is 0. The monoisotopic (exact) mass is 482 g/mol. The molecular formula is C22H12Cl2N4O3S. The van der Waals surface area contributed by atoms with Crippen LogP contribution in [0.25, 0.3) is 27.2 Å². The normalized spacial score (nSPS) is 11.2. The zero-order valence-electron chi connectivity index (χ0n) is 16.1. The van der Waals surface area contributed by atoms with Crippen LogP contribution in [0.2, 0.25) is 10.0 Å². The first-order valence-electron chi connectivity index (χ1n) is 9.27. The number of nitrogens with zero attached hydrogens (tertiary/aromatic N) is 3. The average Bonchev–Trinajstić information content (AvgIpc) is 3.33. The van der Waals surface area contributed by atoms with Crippen molar-refractivity contribution in [1.82, 2.24) is 10.3 Å². The Hall–Kier alpha value is -3.46. The Kier molecular flexibility index (Phi) is 5.05. The van der Waals surface area contributed by atoms with Crippen LogP contribution in [0.3, 0.4) is 0 Å². The molecule has 0 radical (unpaired) electrons. The number of hydrogen-bond acceptors (Lipinski definition) is 7. The first-order valence-corrected chi connectivity index (χ1v) is 10.8. The molecule has 158 valence electrons. The van der Waals surface area contributed by atoms with E-state index in [1.165, 1.54) is 4.68 Å². The van der Waals surface area contributed by atoms with Gasteiger partial charge in [0, 0.05) is 28.1 Å². The zero-order valence-corrected chi connectivity index (χ0v) is 18.4. The molecule has 0 fully saturated rings. The first kappa shape index (κ1) is 20.4. The molecule has 5 rings (SSSR count). The third-order valence-electron chi connectivity index (χ3n) is 4.83. The second kappa shape index (κ2) is 7.90. The molecule has 2 aromatic carbocycles. The van der Waals surface area contributed by atoms with Gasteiger partial charge < -0.3 is 15.4 Å². The molecule has 2 N–H and O–H groups in total. The SMILES string of the molecule is Nc1c(C(=O)c2c([O-])on[n+]2-c2ccccc2)sc2nc(-c3ccc(Cl)cc3Cl)ccc12. The molecule has 7 nitrogen and oxygen atoms in total. The number of para-hydroxylation sites is 1. The molecule has 32 heavy (non-hydrogen) atoms. The Balaban J connectivity index is 1.61. The van der Waals surface area contributed by atoms with Gasteiger partial charge in [-0.05, 0) is 35.0 Å². The van der Waals surface area contributed by atoms with Crippen LogP contribution in [-0.2, 0) is 0 Å². The number of carbonyl (C=O) groups is 1. The fourth-order valence-corrected chi connectivity index (χ4v) is 4.84. The summed E-state index contributed by atoms with van der Waals surface area (Å²) in [6, 6.07) is 17.4. The second-order valence-electron chi connectivity index (χ2n) is 6.80.